The maximum Gasteiger partial charge on any atom is 0.244 e. The molecule has 3 aromatic carbocycles. The van der Waals surface area contributed by atoms with Crippen molar-refractivity contribution < 1.29 is 14.0 Å². The van der Waals surface area contributed by atoms with E-state index in [1.54, 1.807) is 42.5 Å². The molecule has 0 fully saturated rings. The van der Waals surface area contributed by atoms with Crippen molar-refractivity contribution in [1.82, 2.24) is 4.57 Å². The molecular formula is C26H20ClFN2O3. The smallest absolute Gasteiger partial charge is 0.244 e. The standard InChI is InChI=1S/C26H20ClFN2O3/c1-15-3-4-17(11-16(15)2)25(32)22-13-30(23-10-7-19(28)12-21(23)26(22)33)14-24(31)29-20-8-5-18(27)6-9-20/h3-13H,14H2,1-2H3,(H,29,31). The van der Waals surface area contributed by atoms with Crippen molar-refractivity contribution in [3.05, 3.63) is 110 Å². The zero-order chi connectivity index (χ0) is 23.7. The second kappa shape index (κ2) is 9.00. The molecule has 4 rings (SSSR count). The molecule has 0 saturated carbocycles. The first-order chi connectivity index (χ1) is 15.7. The summed E-state index contributed by atoms with van der Waals surface area (Å²) in [6.07, 6.45) is 1.36. The molecule has 0 bridgehead atoms. The summed E-state index contributed by atoms with van der Waals surface area (Å²) in [6, 6.07) is 15.5. The van der Waals surface area contributed by atoms with E-state index in [1.165, 1.54) is 22.9 Å². The molecule has 1 amide bonds. The molecule has 166 valence electrons. The number of carbonyl (C=O) groups is 2. The predicted octanol–water partition coefficient (Wildman–Crippen LogP) is 5.28. The van der Waals surface area contributed by atoms with Gasteiger partial charge in [-0.15, -0.1) is 0 Å². The van der Waals surface area contributed by atoms with Crippen molar-refractivity contribution >= 4 is 39.9 Å². The number of nitrogens with one attached hydrogen (secondary N) is 1. The van der Waals surface area contributed by atoms with Gasteiger partial charge in [0.15, 0.2) is 5.78 Å². The van der Waals surface area contributed by atoms with Crippen LogP contribution in [0.5, 0.6) is 0 Å². The molecule has 33 heavy (non-hydrogen) atoms. The Morgan fingerprint density at radius 2 is 1.70 bits per heavy atom. The lowest BCUT2D eigenvalue weighted by Crippen LogP contribution is -2.24. The van der Waals surface area contributed by atoms with Gasteiger partial charge in [-0.1, -0.05) is 23.7 Å². The van der Waals surface area contributed by atoms with Gasteiger partial charge in [0.25, 0.3) is 0 Å². The van der Waals surface area contributed by atoms with Crippen LogP contribution < -0.4 is 10.7 Å². The summed E-state index contributed by atoms with van der Waals surface area (Å²) in [5, 5.41) is 3.32. The molecule has 0 aliphatic heterocycles. The highest BCUT2D eigenvalue weighted by Gasteiger charge is 2.19. The highest BCUT2D eigenvalue weighted by Crippen LogP contribution is 2.18. The molecule has 1 aromatic heterocycles. The molecule has 0 aliphatic rings. The van der Waals surface area contributed by atoms with Crippen LogP contribution in [0.1, 0.15) is 27.0 Å². The molecule has 1 N–H and O–H groups in total. The highest BCUT2D eigenvalue weighted by atomic mass is 35.5. The Hall–Kier alpha value is -3.77. The number of carbonyl (C=O) groups excluding carboxylic acids is 2. The molecule has 0 aliphatic carbocycles. The summed E-state index contributed by atoms with van der Waals surface area (Å²) < 4.78 is 15.4. The molecule has 4 aromatic rings. The number of halogens is 2. The van der Waals surface area contributed by atoms with Crippen LogP contribution in [-0.2, 0) is 11.3 Å². The zero-order valence-electron chi connectivity index (χ0n) is 18.0. The van der Waals surface area contributed by atoms with Crippen molar-refractivity contribution in [2.75, 3.05) is 5.32 Å². The SMILES string of the molecule is Cc1ccc(C(=O)c2cn(CC(=O)Nc3ccc(Cl)cc3)c3ccc(F)cc3c2=O)cc1C. The lowest BCUT2D eigenvalue weighted by atomic mass is 9.99. The minimum atomic E-state index is -0.604. The van der Waals surface area contributed by atoms with Crippen molar-refractivity contribution in [1.29, 1.82) is 0 Å². The number of amides is 1. The van der Waals surface area contributed by atoms with Crippen LogP contribution in [0.2, 0.25) is 5.02 Å². The van der Waals surface area contributed by atoms with Crippen LogP contribution in [0, 0.1) is 19.7 Å². The van der Waals surface area contributed by atoms with Crippen LogP contribution in [0.4, 0.5) is 10.1 Å². The average molecular weight is 463 g/mol. The predicted molar refractivity (Wildman–Crippen MR) is 128 cm³/mol. The lowest BCUT2D eigenvalue weighted by molar-refractivity contribution is -0.116. The van der Waals surface area contributed by atoms with Crippen LogP contribution >= 0.6 is 11.6 Å². The van der Waals surface area contributed by atoms with E-state index in [4.69, 9.17) is 11.6 Å². The Balaban J connectivity index is 1.77. The molecule has 7 heteroatoms. The number of nitrogens with zero attached hydrogens (tertiary/aromatic N) is 1. The first-order valence-corrected chi connectivity index (χ1v) is 10.6. The molecule has 0 radical (unpaired) electrons. The number of aromatic nitrogens is 1. The van der Waals surface area contributed by atoms with Gasteiger partial charge in [0, 0.05) is 27.9 Å². The van der Waals surface area contributed by atoms with E-state index in [-0.39, 0.29) is 23.4 Å². The summed E-state index contributed by atoms with van der Waals surface area (Å²) in [5.41, 5.74) is 2.47. The van der Waals surface area contributed by atoms with E-state index in [2.05, 4.69) is 5.32 Å². The first-order valence-electron chi connectivity index (χ1n) is 10.2. The fraction of sp³-hybridized carbons (Fsp3) is 0.115. The molecule has 5 nitrogen and oxygen atoms in total. The fourth-order valence-corrected chi connectivity index (χ4v) is 3.71. The number of rotatable bonds is 5. The number of benzene rings is 3. The van der Waals surface area contributed by atoms with E-state index >= 15 is 0 Å². The van der Waals surface area contributed by atoms with Gasteiger partial charge in [-0.25, -0.2) is 4.39 Å². The van der Waals surface area contributed by atoms with Crippen LogP contribution in [-0.4, -0.2) is 16.3 Å². The Labute approximate surface area is 194 Å². The topological polar surface area (TPSA) is 68.2 Å². The van der Waals surface area contributed by atoms with Gasteiger partial charge in [-0.2, -0.15) is 0 Å². The number of anilines is 1. The number of aryl methyl sites for hydroxylation is 2. The van der Waals surface area contributed by atoms with Gasteiger partial charge >= 0.3 is 0 Å². The van der Waals surface area contributed by atoms with Crippen LogP contribution in [0.15, 0.2) is 71.7 Å². The van der Waals surface area contributed by atoms with E-state index in [1.807, 2.05) is 13.8 Å². The van der Waals surface area contributed by atoms with Crippen LogP contribution in [0.25, 0.3) is 10.9 Å². The lowest BCUT2D eigenvalue weighted by Gasteiger charge is -2.14. The summed E-state index contributed by atoms with van der Waals surface area (Å²) >= 11 is 5.88. The van der Waals surface area contributed by atoms with Gasteiger partial charge in [0.1, 0.15) is 12.4 Å². The van der Waals surface area contributed by atoms with E-state index in [0.29, 0.717) is 21.8 Å². The zero-order valence-corrected chi connectivity index (χ0v) is 18.7. The number of fused-ring (bicyclic) bond motifs is 1. The van der Waals surface area contributed by atoms with E-state index in [9.17, 15) is 18.8 Å². The largest absolute Gasteiger partial charge is 0.337 e. The first kappa shape index (κ1) is 22.4. The molecule has 0 saturated heterocycles. The summed E-state index contributed by atoms with van der Waals surface area (Å²) in [7, 11) is 0. The molecule has 0 spiro atoms. The summed E-state index contributed by atoms with van der Waals surface area (Å²) in [4.78, 5) is 39.0. The number of ketones is 1. The number of hydrogen-bond acceptors (Lipinski definition) is 3. The van der Waals surface area contributed by atoms with Crippen molar-refractivity contribution in [2.45, 2.75) is 20.4 Å². The van der Waals surface area contributed by atoms with Gasteiger partial charge in [-0.05, 0) is 73.5 Å². The minimum Gasteiger partial charge on any atom is -0.337 e. The van der Waals surface area contributed by atoms with Gasteiger partial charge < -0.3 is 9.88 Å². The average Bonchev–Trinajstić information content (AvgIpc) is 2.78. The quantitative estimate of drug-likeness (QED) is 0.410. The second-order valence-electron chi connectivity index (χ2n) is 7.84. The van der Waals surface area contributed by atoms with Crippen molar-refractivity contribution in [3.8, 4) is 0 Å². The fourth-order valence-electron chi connectivity index (χ4n) is 3.59. The minimum absolute atomic E-state index is 0.0315. The van der Waals surface area contributed by atoms with Gasteiger partial charge in [0.2, 0.25) is 11.3 Å². The van der Waals surface area contributed by atoms with Crippen molar-refractivity contribution in [2.24, 2.45) is 0 Å². The Morgan fingerprint density at radius 1 is 0.970 bits per heavy atom. The second-order valence-corrected chi connectivity index (χ2v) is 8.28. The molecular weight excluding hydrogens is 443 g/mol. The van der Waals surface area contributed by atoms with E-state index < -0.39 is 17.0 Å². The van der Waals surface area contributed by atoms with Crippen LogP contribution in [0.3, 0.4) is 0 Å². The third kappa shape index (κ3) is 4.71. The third-order valence-corrected chi connectivity index (χ3v) is 5.75. The maximum absolute atomic E-state index is 14.0. The molecule has 0 atom stereocenters. The molecule has 1 heterocycles. The Morgan fingerprint density at radius 3 is 2.39 bits per heavy atom. The number of pyridine rings is 1. The monoisotopic (exact) mass is 462 g/mol. The summed E-state index contributed by atoms with van der Waals surface area (Å²) in [5.74, 6) is -1.47. The number of hydrogen-bond donors (Lipinski definition) is 1. The van der Waals surface area contributed by atoms with Gasteiger partial charge in [-0.3, -0.25) is 14.4 Å². The van der Waals surface area contributed by atoms with Crippen molar-refractivity contribution in [3.63, 3.8) is 0 Å². The maximum atomic E-state index is 14.0. The summed E-state index contributed by atoms with van der Waals surface area (Å²) in [6.45, 7) is 3.62. The van der Waals surface area contributed by atoms with E-state index in [0.717, 1.165) is 17.2 Å². The Bertz CT molecular complexity index is 1460. The molecule has 0 unspecified atom stereocenters. The third-order valence-electron chi connectivity index (χ3n) is 5.50. The highest BCUT2D eigenvalue weighted by molar-refractivity contribution is 6.30. The normalized spacial score (nSPS) is 10.9. The van der Waals surface area contributed by atoms with Gasteiger partial charge in [0.05, 0.1) is 11.1 Å². The Kier molecular flexibility index (Phi) is 6.11.